The van der Waals surface area contributed by atoms with Crippen LogP contribution >= 0.6 is 0 Å². The van der Waals surface area contributed by atoms with Crippen LogP contribution in [0.5, 0.6) is 0 Å². The van der Waals surface area contributed by atoms with E-state index in [-0.39, 0.29) is 6.79 Å². The Balaban J connectivity index is 4.31. The lowest BCUT2D eigenvalue weighted by molar-refractivity contribution is -0.105. The lowest BCUT2D eigenvalue weighted by Crippen LogP contribution is -1.98. The van der Waals surface area contributed by atoms with E-state index in [1.165, 1.54) is 7.11 Å². The molecule has 0 N–H and O–H groups in total. The fourth-order valence-electron chi connectivity index (χ4n) is 0.625. The fourth-order valence-corrected chi connectivity index (χ4v) is 0.625. The molecule has 0 saturated heterocycles. The van der Waals surface area contributed by atoms with Crippen molar-refractivity contribution in [2.45, 2.75) is 13.8 Å². The minimum absolute atomic E-state index is 0.158. The number of carbonyl (C=O) groups is 1. The summed E-state index contributed by atoms with van der Waals surface area (Å²) in [5.74, 6) is 0.550. The van der Waals surface area contributed by atoms with Crippen molar-refractivity contribution in [3.05, 3.63) is 23.5 Å². The molecule has 12 heavy (non-hydrogen) atoms. The van der Waals surface area contributed by atoms with Gasteiger partial charge in [0, 0.05) is 12.7 Å². The third-order valence-corrected chi connectivity index (χ3v) is 1.22. The number of methoxy groups -OCH3 is 1. The fraction of sp³-hybridized carbons (Fsp3) is 0.444. The lowest BCUT2D eigenvalue weighted by Gasteiger charge is -2.05. The Hall–Kier alpha value is -1.09. The Kier molecular flexibility index (Phi) is 6.01. The van der Waals surface area contributed by atoms with Gasteiger partial charge in [-0.25, -0.2) is 0 Å². The van der Waals surface area contributed by atoms with E-state index in [4.69, 9.17) is 9.47 Å². The standard InChI is InChI=1S/C9H14O3/c1-4-5-9(8(2)6-10)12-7-11-3/h4-6H,7H2,1-3H3/b5-4-,9-8-. The number of carbonyl (C=O) groups excluding carboxylic acids is 1. The molecule has 0 radical (unpaired) electrons. The molecule has 0 aliphatic rings. The van der Waals surface area contributed by atoms with Crippen LogP contribution in [0, 0.1) is 0 Å². The molecule has 0 bridgehead atoms. The van der Waals surface area contributed by atoms with Gasteiger partial charge >= 0.3 is 0 Å². The van der Waals surface area contributed by atoms with Gasteiger partial charge < -0.3 is 9.47 Å². The molecule has 0 aromatic carbocycles. The molecule has 0 spiro atoms. The summed E-state index contributed by atoms with van der Waals surface area (Å²) < 4.78 is 9.83. The van der Waals surface area contributed by atoms with Crippen molar-refractivity contribution in [3.63, 3.8) is 0 Å². The van der Waals surface area contributed by atoms with E-state index >= 15 is 0 Å². The first kappa shape index (κ1) is 10.9. The van der Waals surface area contributed by atoms with Gasteiger partial charge in [-0.2, -0.15) is 0 Å². The smallest absolute Gasteiger partial charge is 0.188 e. The van der Waals surface area contributed by atoms with Crippen molar-refractivity contribution in [2.75, 3.05) is 13.9 Å². The van der Waals surface area contributed by atoms with Crippen LogP contribution < -0.4 is 0 Å². The zero-order valence-electron chi connectivity index (χ0n) is 7.66. The Morgan fingerprint density at radius 1 is 1.50 bits per heavy atom. The highest BCUT2D eigenvalue weighted by Crippen LogP contribution is 2.05. The summed E-state index contributed by atoms with van der Waals surface area (Å²) in [5, 5.41) is 0. The average Bonchev–Trinajstić information content (AvgIpc) is 2.11. The molecule has 0 aliphatic heterocycles. The summed E-state index contributed by atoms with van der Waals surface area (Å²) in [5.41, 5.74) is 0.560. The first-order valence-electron chi connectivity index (χ1n) is 3.66. The Morgan fingerprint density at radius 3 is 2.58 bits per heavy atom. The zero-order valence-corrected chi connectivity index (χ0v) is 7.66. The number of aldehydes is 1. The molecular formula is C9H14O3. The molecular weight excluding hydrogens is 156 g/mol. The average molecular weight is 170 g/mol. The monoisotopic (exact) mass is 170 g/mol. The maximum absolute atomic E-state index is 10.4. The van der Waals surface area contributed by atoms with E-state index in [9.17, 15) is 4.79 Å². The van der Waals surface area contributed by atoms with Crippen LogP contribution in [0.25, 0.3) is 0 Å². The van der Waals surface area contributed by atoms with Crippen LogP contribution in [-0.2, 0) is 14.3 Å². The summed E-state index contributed by atoms with van der Waals surface area (Å²) in [4.78, 5) is 10.4. The van der Waals surface area contributed by atoms with E-state index in [2.05, 4.69) is 0 Å². The predicted molar refractivity (Wildman–Crippen MR) is 46.5 cm³/mol. The SMILES string of the molecule is C/C=C\C(OCOC)=C(/C)C=O. The maximum Gasteiger partial charge on any atom is 0.188 e. The number of rotatable bonds is 5. The largest absolute Gasteiger partial charge is 0.467 e. The van der Waals surface area contributed by atoms with Gasteiger partial charge in [-0.1, -0.05) is 6.08 Å². The summed E-state index contributed by atoms with van der Waals surface area (Å²) >= 11 is 0. The molecule has 3 heteroatoms. The lowest BCUT2D eigenvalue weighted by atomic mass is 10.2. The number of ether oxygens (including phenoxy) is 2. The minimum atomic E-state index is 0.158. The van der Waals surface area contributed by atoms with Gasteiger partial charge in [-0.05, 0) is 19.9 Å². The molecule has 0 fully saturated rings. The maximum atomic E-state index is 10.4. The van der Waals surface area contributed by atoms with Crippen molar-refractivity contribution in [1.29, 1.82) is 0 Å². The van der Waals surface area contributed by atoms with E-state index in [0.717, 1.165) is 6.29 Å². The van der Waals surface area contributed by atoms with Crippen LogP contribution in [0.4, 0.5) is 0 Å². The second kappa shape index (κ2) is 6.61. The van der Waals surface area contributed by atoms with Crippen LogP contribution in [-0.4, -0.2) is 20.2 Å². The molecule has 0 saturated carbocycles. The Bertz CT molecular complexity index is 192. The van der Waals surface area contributed by atoms with Gasteiger partial charge in [0.05, 0.1) is 0 Å². The van der Waals surface area contributed by atoms with E-state index < -0.39 is 0 Å². The molecule has 0 aromatic rings. The van der Waals surface area contributed by atoms with Gasteiger partial charge in [0.1, 0.15) is 12.0 Å². The first-order valence-corrected chi connectivity index (χ1v) is 3.66. The summed E-state index contributed by atoms with van der Waals surface area (Å²) in [6, 6.07) is 0. The van der Waals surface area contributed by atoms with Gasteiger partial charge in [0.2, 0.25) is 0 Å². The van der Waals surface area contributed by atoms with Crippen molar-refractivity contribution in [2.24, 2.45) is 0 Å². The molecule has 68 valence electrons. The van der Waals surface area contributed by atoms with Crippen LogP contribution in [0.1, 0.15) is 13.8 Å². The highest BCUT2D eigenvalue weighted by Gasteiger charge is 1.97. The van der Waals surface area contributed by atoms with Crippen molar-refractivity contribution < 1.29 is 14.3 Å². The van der Waals surface area contributed by atoms with Crippen LogP contribution in [0.15, 0.2) is 23.5 Å². The van der Waals surface area contributed by atoms with Crippen molar-refractivity contribution >= 4 is 6.29 Å². The molecule has 0 aromatic heterocycles. The number of hydrogen-bond acceptors (Lipinski definition) is 3. The van der Waals surface area contributed by atoms with E-state index in [1.54, 1.807) is 19.1 Å². The predicted octanol–water partition coefficient (Wildman–Crippen LogP) is 1.66. The normalized spacial score (nSPS) is 12.9. The van der Waals surface area contributed by atoms with Crippen LogP contribution in [0.3, 0.4) is 0 Å². The second-order valence-corrected chi connectivity index (χ2v) is 2.22. The van der Waals surface area contributed by atoms with Gasteiger partial charge in [0.25, 0.3) is 0 Å². The zero-order chi connectivity index (χ0) is 9.40. The molecule has 3 nitrogen and oxygen atoms in total. The number of hydrogen-bond donors (Lipinski definition) is 0. The third kappa shape index (κ3) is 3.93. The molecule has 0 amide bonds. The molecule has 0 atom stereocenters. The topological polar surface area (TPSA) is 35.5 Å². The quantitative estimate of drug-likeness (QED) is 0.207. The minimum Gasteiger partial charge on any atom is -0.467 e. The highest BCUT2D eigenvalue weighted by atomic mass is 16.7. The Morgan fingerprint density at radius 2 is 2.17 bits per heavy atom. The van der Waals surface area contributed by atoms with Gasteiger partial charge in [-0.3, -0.25) is 4.79 Å². The van der Waals surface area contributed by atoms with Crippen molar-refractivity contribution in [1.82, 2.24) is 0 Å². The third-order valence-electron chi connectivity index (χ3n) is 1.22. The Labute approximate surface area is 72.7 Å². The van der Waals surface area contributed by atoms with Gasteiger partial charge in [-0.15, -0.1) is 0 Å². The molecule has 0 unspecified atom stereocenters. The second-order valence-electron chi connectivity index (χ2n) is 2.22. The van der Waals surface area contributed by atoms with E-state index in [0.29, 0.717) is 11.3 Å². The van der Waals surface area contributed by atoms with Gasteiger partial charge in [0.15, 0.2) is 6.79 Å². The molecule has 0 aliphatic carbocycles. The van der Waals surface area contributed by atoms with E-state index in [1.807, 2.05) is 6.92 Å². The summed E-state index contributed by atoms with van der Waals surface area (Å²) in [6.07, 6.45) is 4.28. The molecule has 0 heterocycles. The molecule has 0 rings (SSSR count). The summed E-state index contributed by atoms with van der Waals surface area (Å²) in [6.45, 7) is 3.71. The van der Waals surface area contributed by atoms with Crippen molar-refractivity contribution in [3.8, 4) is 0 Å². The highest BCUT2D eigenvalue weighted by molar-refractivity contribution is 5.73. The first-order chi connectivity index (χ1) is 5.76. The number of allylic oxidation sites excluding steroid dienone is 3. The summed E-state index contributed by atoms with van der Waals surface area (Å²) in [7, 11) is 1.53. The van der Waals surface area contributed by atoms with Crippen LogP contribution in [0.2, 0.25) is 0 Å².